The summed E-state index contributed by atoms with van der Waals surface area (Å²) in [6.07, 6.45) is 1.71. The van der Waals surface area contributed by atoms with Gasteiger partial charge in [-0.05, 0) is 12.0 Å². The molecule has 2 rings (SSSR count). The lowest BCUT2D eigenvalue weighted by molar-refractivity contribution is 0.0594. The molecule has 2 aromatic rings. The minimum atomic E-state index is -0.435. The van der Waals surface area contributed by atoms with E-state index in [2.05, 4.69) is 28.7 Å². The molecule has 0 aliphatic carbocycles. The first kappa shape index (κ1) is 10.6. The summed E-state index contributed by atoms with van der Waals surface area (Å²) in [5.41, 5.74) is 1.91. The van der Waals surface area contributed by atoms with E-state index in [4.69, 9.17) is 0 Å². The average Bonchev–Trinajstić information content (AvgIpc) is 2.70. The molecular formula is C11H13N3O2. The van der Waals surface area contributed by atoms with Crippen molar-refractivity contribution < 1.29 is 9.53 Å². The van der Waals surface area contributed by atoms with Crippen LogP contribution in [0.1, 0.15) is 35.9 Å². The van der Waals surface area contributed by atoms with E-state index in [1.165, 1.54) is 7.11 Å². The SMILES string of the molecule is COC(=O)c1ccn2nc(C(C)C)cc2n1. The molecule has 16 heavy (non-hydrogen) atoms. The average molecular weight is 219 g/mol. The van der Waals surface area contributed by atoms with Gasteiger partial charge in [0, 0.05) is 12.3 Å². The molecule has 0 spiro atoms. The smallest absolute Gasteiger partial charge is 0.356 e. The van der Waals surface area contributed by atoms with Crippen LogP contribution in [-0.4, -0.2) is 27.7 Å². The minimum absolute atomic E-state index is 0.296. The first-order valence-corrected chi connectivity index (χ1v) is 5.06. The second-order valence-corrected chi connectivity index (χ2v) is 3.83. The highest BCUT2D eigenvalue weighted by atomic mass is 16.5. The van der Waals surface area contributed by atoms with Crippen molar-refractivity contribution in [3.05, 3.63) is 29.7 Å². The summed E-state index contributed by atoms with van der Waals surface area (Å²) in [5.74, 6) is -0.0990. The highest BCUT2D eigenvalue weighted by Crippen LogP contribution is 2.14. The molecule has 0 aromatic carbocycles. The predicted molar refractivity (Wildman–Crippen MR) is 58.4 cm³/mol. The van der Waals surface area contributed by atoms with Crippen LogP contribution in [0, 0.1) is 0 Å². The summed E-state index contributed by atoms with van der Waals surface area (Å²) >= 11 is 0. The van der Waals surface area contributed by atoms with Crippen LogP contribution in [0.4, 0.5) is 0 Å². The Morgan fingerprint density at radius 3 is 2.88 bits per heavy atom. The Balaban J connectivity index is 2.49. The van der Waals surface area contributed by atoms with Gasteiger partial charge in [-0.15, -0.1) is 0 Å². The second-order valence-electron chi connectivity index (χ2n) is 3.83. The maximum absolute atomic E-state index is 11.3. The van der Waals surface area contributed by atoms with Gasteiger partial charge in [-0.1, -0.05) is 13.8 Å². The Labute approximate surface area is 93.1 Å². The largest absolute Gasteiger partial charge is 0.464 e. The zero-order chi connectivity index (χ0) is 11.7. The quantitative estimate of drug-likeness (QED) is 0.720. The monoisotopic (exact) mass is 219 g/mol. The first-order chi connectivity index (χ1) is 7.61. The number of carbonyl (C=O) groups is 1. The molecule has 0 aliphatic heterocycles. The summed E-state index contributed by atoms with van der Waals surface area (Å²) in [4.78, 5) is 15.5. The van der Waals surface area contributed by atoms with Crippen molar-refractivity contribution in [3.63, 3.8) is 0 Å². The minimum Gasteiger partial charge on any atom is -0.464 e. The molecule has 0 bridgehead atoms. The molecule has 2 heterocycles. The first-order valence-electron chi connectivity index (χ1n) is 5.06. The topological polar surface area (TPSA) is 56.5 Å². The van der Waals surface area contributed by atoms with Crippen LogP contribution in [0.15, 0.2) is 18.3 Å². The number of carbonyl (C=O) groups excluding carboxylic acids is 1. The lowest BCUT2D eigenvalue weighted by Gasteiger charge is -1.97. The van der Waals surface area contributed by atoms with Gasteiger partial charge in [-0.2, -0.15) is 5.10 Å². The number of rotatable bonds is 2. The van der Waals surface area contributed by atoms with Gasteiger partial charge in [0.25, 0.3) is 0 Å². The lowest BCUT2D eigenvalue weighted by Crippen LogP contribution is -2.05. The molecule has 0 atom stereocenters. The molecule has 0 aliphatic rings. The fourth-order valence-electron chi connectivity index (χ4n) is 1.40. The zero-order valence-corrected chi connectivity index (χ0v) is 9.47. The van der Waals surface area contributed by atoms with Gasteiger partial charge in [-0.3, -0.25) is 0 Å². The molecule has 2 aromatic heterocycles. The molecule has 0 N–H and O–H groups in total. The fourth-order valence-corrected chi connectivity index (χ4v) is 1.40. The van der Waals surface area contributed by atoms with E-state index >= 15 is 0 Å². The molecule has 0 saturated carbocycles. The highest BCUT2D eigenvalue weighted by molar-refractivity contribution is 5.87. The number of esters is 1. The number of aromatic nitrogens is 3. The lowest BCUT2D eigenvalue weighted by atomic mass is 10.1. The number of hydrogen-bond acceptors (Lipinski definition) is 4. The third-order valence-electron chi connectivity index (χ3n) is 2.33. The van der Waals surface area contributed by atoms with Gasteiger partial charge in [0.15, 0.2) is 11.3 Å². The van der Waals surface area contributed by atoms with E-state index < -0.39 is 5.97 Å². The van der Waals surface area contributed by atoms with E-state index in [0.717, 1.165) is 5.69 Å². The molecule has 0 saturated heterocycles. The Bertz CT molecular complexity index is 531. The van der Waals surface area contributed by atoms with E-state index in [0.29, 0.717) is 17.3 Å². The molecule has 0 fully saturated rings. The Hall–Kier alpha value is -1.91. The van der Waals surface area contributed by atoms with E-state index in [1.54, 1.807) is 16.8 Å². The molecular weight excluding hydrogens is 206 g/mol. The predicted octanol–water partition coefficient (Wildman–Crippen LogP) is 1.64. The van der Waals surface area contributed by atoms with Gasteiger partial charge in [0.2, 0.25) is 0 Å². The zero-order valence-electron chi connectivity index (χ0n) is 9.47. The van der Waals surface area contributed by atoms with Crippen molar-refractivity contribution in [1.29, 1.82) is 0 Å². The molecule has 5 heteroatoms. The molecule has 0 unspecified atom stereocenters. The summed E-state index contributed by atoms with van der Waals surface area (Å²) in [6, 6.07) is 3.47. The van der Waals surface area contributed by atoms with Gasteiger partial charge < -0.3 is 4.74 Å². The molecule has 0 amide bonds. The van der Waals surface area contributed by atoms with E-state index in [-0.39, 0.29) is 0 Å². The maximum atomic E-state index is 11.3. The van der Waals surface area contributed by atoms with Crippen molar-refractivity contribution in [2.45, 2.75) is 19.8 Å². The maximum Gasteiger partial charge on any atom is 0.356 e. The summed E-state index contributed by atoms with van der Waals surface area (Å²) in [6.45, 7) is 4.12. The van der Waals surface area contributed by atoms with Gasteiger partial charge in [0.1, 0.15) is 0 Å². The van der Waals surface area contributed by atoms with Crippen molar-refractivity contribution in [1.82, 2.24) is 14.6 Å². The van der Waals surface area contributed by atoms with Crippen LogP contribution in [-0.2, 0) is 4.74 Å². The molecule has 5 nitrogen and oxygen atoms in total. The third-order valence-corrected chi connectivity index (χ3v) is 2.33. The van der Waals surface area contributed by atoms with Crippen LogP contribution < -0.4 is 0 Å². The number of methoxy groups -OCH3 is 1. The number of nitrogens with zero attached hydrogens (tertiary/aromatic N) is 3. The van der Waals surface area contributed by atoms with Crippen molar-refractivity contribution in [3.8, 4) is 0 Å². The van der Waals surface area contributed by atoms with Crippen LogP contribution in [0.25, 0.3) is 5.65 Å². The summed E-state index contributed by atoms with van der Waals surface area (Å²) in [5, 5.41) is 4.34. The third kappa shape index (κ3) is 1.76. The number of ether oxygens (including phenoxy) is 1. The van der Waals surface area contributed by atoms with Gasteiger partial charge in [0.05, 0.1) is 12.8 Å². The van der Waals surface area contributed by atoms with Crippen LogP contribution in [0.3, 0.4) is 0 Å². The summed E-state index contributed by atoms with van der Waals surface area (Å²) in [7, 11) is 1.34. The molecule has 0 radical (unpaired) electrons. The normalized spacial score (nSPS) is 11.0. The standard InChI is InChI=1S/C11H13N3O2/c1-7(2)9-6-10-12-8(11(15)16-3)4-5-14(10)13-9/h4-7H,1-3H3. The summed E-state index contributed by atoms with van der Waals surface area (Å²) < 4.78 is 6.26. The number of hydrogen-bond donors (Lipinski definition) is 0. The fraction of sp³-hybridized carbons (Fsp3) is 0.364. The van der Waals surface area contributed by atoms with Crippen LogP contribution in [0.2, 0.25) is 0 Å². The van der Waals surface area contributed by atoms with Crippen molar-refractivity contribution in [2.75, 3.05) is 7.11 Å². The van der Waals surface area contributed by atoms with E-state index in [1.807, 2.05) is 6.07 Å². The Morgan fingerprint density at radius 2 is 2.25 bits per heavy atom. The van der Waals surface area contributed by atoms with E-state index in [9.17, 15) is 4.79 Å². The number of fused-ring (bicyclic) bond motifs is 1. The highest BCUT2D eigenvalue weighted by Gasteiger charge is 2.10. The molecule has 84 valence electrons. The second kappa shape index (κ2) is 3.92. The van der Waals surface area contributed by atoms with Gasteiger partial charge in [-0.25, -0.2) is 14.3 Å². The van der Waals surface area contributed by atoms with Crippen molar-refractivity contribution >= 4 is 11.6 Å². The Morgan fingerprint density at radius 1 is 1.50 bits per heavy atom. The van der Waals surface area contributed by atoms with Crippen LogP contribution >= 0.6 is 0 Å². The van der Waals surface area contributed by atoms with Gasteiger partial charge >= 0.3 is 5.97 Å². The van der Waals surface area contributed by atoms with Crippen LogP contribution in [0.5, 0.6) is 0 Å². The van der Waals surface area contributed by atoms with Crippen molar-refractivity contribution in [2.24, 2.45) is 0 Å². The Kier molecular flexibility index (Phi) is 2.60.